The van der Waals surface area contributed by atoms with E-state index in [2.05, 4.69) is 29.2 Å². The smallest absolute Gasteiger partial charge is 0.126 e. The molecule has 1 N–H and O–H groups in total. The van der Waals surface area contributed by atoms with Crippen LogP contribution in [0.25, 0.3) is 5.57 Å². The van der Waals surface area contributed by atoms with Crippen molar-refractivity contribution in [1.29, 1.82) is 5.41 Å². The van der Waals surface area contributed by atoms with E-state index < -0.39 is 0 Å². The Morgan fingerprint density at radius 2 is 1.48 bits per heavy atom. The van der Waals surface area contributed by atoms with Gasteiger partial charge in [0, 0.05) is 19.8 Å². The Balaban J connectivity index is 2.17. The Bertz CT molecular complexity index is 882. The molecule has 0 fully saturated rings. The summed E-state index contributed by atoms with van der Waals surface area (Å²) in [4.78, 5) is 2.06. The van der Waals surface area contributed by atoms with Gasteiger partial charge in [0.15, 0.2) is 0 Å². The molecule has 25 heavy (non-hydrogen) atoms. The van der Waals surface area contributed by atoms with Crippen LogP contribution in [0.4, 0.5) is 10.1 Å². The first-order chi connectivity index (χ1) is 12.0. The summed E-state index contributed by atoms with van der Waals surface area (Å²) >= 11 is 0. The van der Waals surface area contributed by atoms with Gasteiger partial charge >= 0.3 is 0 Å². The van der Waals surface area contributed by atoms with Crippen molar-refractivity contribution in [3.63, 3.8) is 0 Å². The molecule has 0 unspecified atom stereocenters. The average Bonchev–Trinajstić information content (AvgIpc) is 2.60. The number of benzene rings is 2. The minimum atomic E-state index is -0.201. The molecule has 126 valence electrons. The van der Waals surface area contributed by atoms with Crippen molar-refractivity contribution in [2.24, 2.45) is 0 Å². The fourth-order valence-electron chi connectivity index (χ4n) is 2.86. The van der Waals surface area contributed by atoms with Gasteiger partial charge in [-0.05, 0) is 71.2 Å². The van der Waals surface area contributed by atoms with Crippen molar-refractivity contribution < 1.29 is 4.39 Å². The van der Waals surface area contributed by atoms with Crippen LogP contribution in [0.5, 0.6) is 0 Å². The highest BCUT2D eigenvalue weighted by Crippen LogP contribution is 2.31. The van der Waals surface area contributed by atoms with E-state index in [9.17, 15) is 4.39 Å². The van der Waals surface area contributed by atoms with Crippen LogP contribution in [0.15, 0.2) is 72.3 Å². The number of halogens is 1. The molecular formula is C22H21FN2. The summed E-state index contributed by atoms with van der Waals surface area (Å²) < 4.78 is 13.7. The van der Waals surface area contributed by atoms with Gasteiger partial charge in [-0.1, -0.05) is 30.4 Å². The lowest BCUT2D eigenvalue weighted by molar-refractivity contribution is 0.618. The van der Waals surface area contributed by atoms with Crippen LogP contribution in [0.2, 0.25) is 0 Å². The molecule has 3 heteroatoms. The van der Waals surface area contributed by atoms with Gasteiger partial charge in [-0.25, -0.2) is 4.39 Å². The summed E-state index contributed by atoms with van der Waals surface area (Å²) in [7, 11) is 4.02. The largest absolute Gasteiger partial charge is 0.378 e. The molecule has 0 radical (unpaired) electrons. The average molecular weight is 332 g/mol. The summed E-state index contributed by atoms with van der Waals surface area (Å²) in [6.45, 7) is 1.78. The summed E-state index contributed by atoms with van der Waals surface area (Å²) in [5.74, 6) is -0.201. The number of aryl methyl sites for hydroxylation is 1. The molecule has 0 amide bonds. The van der Waals surface area contributed by atoms with Crippen molar-refractivity contribution >= 4 is 17.0 Å². The van der Waals surface area contributed by atoms with E-state index in [4.69, 9.17) is 5.41 Å². The minimum Gasteiger partial charge on any atom is -0.378 e. The van der Waals surface area contributed by atoms with Crippen molar-refractivity contribution in [1.82, 2.24) is 0 Å². The van der Waals surface area contributed by atoms with E-state index in [1.54, 1.807) is 19.1 Å². The van der Waals surface area contributed by atoms with Crippen LogP contribution in [0.1, 0.15) is 16.7 Å². The first-order valence-corrected chi connectivity index (χ1v) is 8.19. The zero-order chi connectivity index (χ0) is 18.0. The zero-order valence-corrected chi connectivity index (χ0v) is 14.7. The first kappa shape index (κ1) is 16.9. The highest BCUT2D eigenvalue weighted by molar-refractivity contribution is 6.05. The summed E-state index contributed by atoms with van der Waals surface area (Å²) in [6, 6.07) is 13.5. The van der Waals surface area contributed by atoms with Crippen molar-refractivity contribution in [2.45, 2.75) is 6.92 Å². The highest BCUT2D eigenvalue weighted by Gasteiger charge is 2.12. The van der Waals surface area contributed by atoms with E-state index in [1.807, 2.05) is 38.4 Å². The van der Waals surface area contributed by atoms with E-state index in [-0.39, 0.29) is 5.82 Å². The second kappa shape index (κ2) is 6.89. The lowest BCUT2D eigenvalue weighted by atomic mass is 9.90. The van der Waals surface area contributed by atoms with Gasteiger partial charge < -0.3 is 10.3 Å². The Hall–Kier alpha value is -2.94. The Labute approximate surface area is 148 Å². The van der Waals surface area contributed by atoms with E-state index >= 15 is 0 Å². The summed E-state index contributed by atoms with van der Waals surface area (Å²) in [6.07, 6.45) is 7.44. The molecular weight excluding hydrogens is 311 g/mol. The molecule has 0 spiro atoms. The third kappa shape index (κ3) is 3.61. The number of nitrogens with zero attached hydrogens (tertiary/aromatic N) is 1. The maximum Gasteiger partial charge on any atom is 0.126 e. The van der Waals surface area contributed by atoms with Crippen LogP contribution < -0.4 is 4.90 Å². The maximum atomic E-state index is 13.7. The number of rotatable bonds is 3. The molecule has 0 aromatic heterocycles. The molecule has 2 nitrogen and oxygen atoms in total. The molecule has 2 aromatic carbocycles. The van der Waals surface area contributed by atoms with Gasteiger partial charge in [0.05, 0.1) is 5.71 Å². The topological polar surface area (TPSA) is 27.1 Å². The molecule has 0 aliphatic heterocycles. The lowest BCUT2D eigenvalue weighted by Crippen LogP contribution is -2.08. The Morgan fingerprint density at radius 3 is 2.04 bits per heavy atom. The summed E-state index contributed by atoms with van der Waals surface area (Å²) in [5, 5.41) is 7.72. The molecule has 0 saturated carbocycles. The number of hydrogen-bond donors (Lipinski definition) is 1. The number of hydrogen-bond acceptors (Lipinski definition) is 2. The molecule has 0 bridgehead atoms. The van der Waals surface area contributed by atoms with Gasteiger partial charge in [-0.2, -0.15) is 0 Å². The monoisotopic (exact) mass is 332 g/mol. The third-order valence-corrected chi connectivity index (χ3v) is 4.29. The normalized spacial score (nSPS) is 13.3. The highest BCUT2D eigenvalue weighted by atomic mass is 19.1. The van der Waals surface area contributed by atoms with Gasteiger partial charge in [-0.3, -0.25) is 0 Å². The quantitative estimate of drug-likeness (QED) is 0.827. The molecule has 2 aromatic rings. The van der Waals surface area contributed by atoms with Crippen LogP contribution in [0, 0.1) is 18.2 Å². The standard InChI is InChI=1S/C22H21FN2/c1-15-14-18(8-13-21(15)23)22(16-4-9-19(24)10-5-16)17-6-11-20(12-7-17)25(2)3/h4-14,24H,1-3H3. The van der Waals surface area contributed by atoms with Crippen LogP contribution in [-0.2, 0) is 0 Å². The van der Waals surface area contributed by atoms with E-state index in [0.717, 1.165) is 28.0 Å². The second-order valence-corrected chi connectivity index (χ2v) is 6.36. The molecule has 3 rings (SSSR count). The van der Waals surface area contributed by atoms with Crippen LogP contribution >= 0.6 is 0 Å². The third-order valence-electron chi connectivity index (χ3n) is 4.29. The molecule has 1 aliphatic carbocycles. The zero-order valence-electron chi connectivity index (χ0n) is 14.7. The van der Waals surface area contributed by atoms with Crippen molar-refractivity contribution in [3.05, 3.63) is 94.8 Å². The van der Waals surface area contributed by atoms with Gasteiger partial charge in [0.1, 0.15) is 5.82 Å². The van der Waals surface area contributed by atoms with Crippen molar-refractivity contribution in [3.8, 4) is 0 Å². The maximum absolute atomic E-state index is 13.7. The Morgan fingerprint density at radius 1 is 0.880 bits per heavy atom. The van der Waals surface area contributed by atoms with Crippen LogP contribution in [0.3, 0.4) is 0 Å². The SMILES string of the molecule is Cc1cc(C(=C2C=CC(=N)C=C2)c2ccc(N(C)C)cc2)ccc1F. The molecule has 1 aliphatic rings. The van der Waals surface area contributed by atoms with Gasteiger partial charge in [0.2, 0.25) is 0 Å². The van der Waals surface area contributed by atoms with E-state index in [0.29, 0.717) is 11.3 Å². The number of nitrogens with one attached hydrogen (secondary N) is 1. The predicted molar refractivity (Wildman–Crippen MR) is 104 cm³/mol. The van der Waals surface area contributed by atoms with Gasteiger partial charge in [-0.15, -0.1) is 0 Å². The molecule has 0 saturated heterocycles. The number of allylic oxidation sites excluding steroid dienone is 5. The second-order valence-electron chi connectivity index (χ2n) is 6.36. The fourth-order valence-corrected chi connectivity index (χ4v) is 2.86. The van der Waals surface area contributed by atoms with Gasteiger partial charge in [0.25, 0.3) is 0 Å². The Kier molecular flexibility index (Phi) is 4.66. The minimum absolute atomic E-state index is 0.201. The fraction of sp³-hybridized carbons (Fsp3) is 0.136. The van der Waals surface area contributed by atoms with Crippen LogP contribution in [-0.4, -0.2) is 19.8 Å². The molecule has 0 atom stereocenters. The first-order valence-electron chi connectivity index (χ1n) is 8.19. The predicted octanol–water partition coefficient (Wildman–Crippen LogP) is 5.15. The lowest BCUT2D eigenvalue weighted by Gasteiger charge is -2.17. The molecule has 0 heterocycles. The summed E-state index contributed by atoms with van der Waals surface area (Å²) in [5.41, 5.74) is 6.30. The number of anilines is 1. The van der Waals surface area contributed by atoms with Crippen molar-refractivity contribution in [2.75, 3.05) is 19.0 Å². The van der Waals surface area contributed by atoms with E-state index in [1.165, 1.54) is 6.07 Å².